The highest BCUT2D eigenvalue weighted by molar-refractivity contribution is 5.94. The number of methoxy groups -OCH3 is 1. The van der Waals surface area contributed by atoms with Crippen molar-refractivity contribution in [1.82, 2.24) is 15.2 Å². The Hall–Kier alpha value is -4.01. The maximum Gasteiger partial charge on any atom is 0.319 e. The van der Waals surface area contributed by atoms with Crippen molar-refractivity contribution < 1.29 is 23.9 Å². The Morgan fingerprint density at radius 1 is 1.14 bits per heavy atom. The summed E-state index contributed by atoms with van der Waals surface area (Å²) in [4.78, 5) is 43.8. The maximum absolute atomic E-state index is 13.7. The molecule has 2 unspecified atom stereocenters. The average Bonchev–Trinajstić information content (AvgIpc) is 3.31. The monoisotopic (exact) mass is 492 g/mol. The lowest BCUT2D eigenvalue weighted by molar-refractivity contribution is -0.151. The van der Waals surface area contributed by atoms with Gasteiger partial charge in [-0.3, -0.25) is 9.59 Å². The lowest BCUT2D eigenvalue weighted by Crippen LogP contribution is -2.53. The number of amides is 3. The molecule has 3 amide bonds. The first kappa shape index (κ1) is 25.1. The molecule has 1 aliphatic rings. The Bertz CT molecular complexity index is 1210. The molecule has 2 atom stereocenters. The summed E-state index contributed by atoms with van der Waals surface area (Å²) in [5.41, 5.74) is 2.46. The second-order valence-corrected chi connectivity index (χ2v) is 8.82. The van der Waals surface area contributed by atoms with Crippen molar-refractivity contribution >= 4 is 34.5 Å². The first-order valence-corrected chi connectivity index (χ1v) is 12.2. The van der Waals surface area contributed by atoms with Crippen LogP contribution in [0.1, 0.15) is 25.3 Å². The van der Waals surface area contributed by atoms with Crippen molar-refractivity contribution in [2.24, 2.45) is 5.92 Å². The zero-order chi connectivity index (χ0) is 25.5. The number of likely N-dealkylation sites (tertiary alicyclic amines) is 1. The number of para-hydroxylation sites is 1. The number of esters is 1. The molecule has 4 rings (SSSR count). The number of rotatable bonds is 8. The standard InChI is InChI=1S/C27H32N4O5/c1-3-36-26(33)18-7-6-14-31(17-18)25(32)24(15-19-16-28-23-9-5-4-8-22(19)23)30-27(34)29-20-10-12-21(35-2)13-11-20/h4-5,8-13,16,18,24,28H,3,6-7,14-15,17H2,1-2H3,(H2,29,30,34). The van der Waals surface area contributed by atoms with Crippen LogP contribution in [0.25, 0.3) is 10.9 Å². The lowest BCUT2D eigenvalue weighted by atomic mass is 9.96. The molecule has 3 aromatic rings. The summed E-state index contributed by atoms with van der Waals surface area (Å²) in [6, 6.07) is 13.5. The number of H-pyrrole nitrogens is 1. The minimum Gasteiger partial charge on any atom is -0.497 e. The normalized spacial score (nSPS) is 16.3. The summed E-state index contributed by atoms with van der Waals surface area (Å²) >= 11 is 0. The summed E-state index contributed by atoms with van der Waals surface area (Å²) in [5, 5.41) is 6.64. The molecule has 2 heterocycles. The number of piperidine rings is 1. The summed E-state index contributed by atoms with van der Waals surface area (Å²) in [6.45, 7) is 2.89. The molecule has 1 fully saturated rings. The van der Waals surface area contributed by atoms with E-state index in [-0.39, 0.29) is 24.3 Å². The van der Waals surface area contributed by atoms with Crippen LogP contribution in [0.2, 0.25) is 0 Å². The Labute approximate surface area is 210 Å². The van der Waals surface area contributed by atoms with E-state index in [9.17, 15) is 14.4 Å². The van der Waals surface area contributed by atoms with E-state index in [0.717, 1.165) is 16.5 Å². The topological polar surface area (TPSA) is 113 Å². The van der Waals surface area contributed by atoms with Crippen LogP contribution in [-0.4, -0.2) is 60.6 Å². The van der Waals surface area contributed by atoms with Gasteiger partial charge in [0.15, 0.2) is 0 Å². The molecule has 36 heavy (non-hydrogen) atoms. The summed E-state index contributed by atoms with van der Waals surface area (Å²) in [7, 11) is 1.57. The maximum atomic E-state index is 13.7. The Kier molecular flexibility index (Phi) is 8.10. The summed E-state index contributed by atoms with van der Waals surface area (Å²) in [5.74, 6) is -0.188. The van der Waals surface area contributed by atoms with Crippen molar-refractivity contribution in [3.8, 4) is 5.75 Å². The number of hydrogen-bond acceptors (Lipinski definition) is 5. The fourth-order valence-corrected chi connectivity index (χ4v) is 4.57. The molecule has 0 saturated carbocycles. The number of hydrogen-bond donors (Lipinski definition) is 3. The lowest BCUT2D eigenvalue weighted by Gasteiger charge is -2.34. The highest BCUT2D eigenvalue weighted by Gasteiger charge is 2.33. The van der Waals surface area contributed by atoms with E-state index in [1.54, 1.807) is 43.2 Å². The van der Waals surface area contributed by atoms with Crippen molar-refractivity contribution in [1.29, 1.82) is 0 Å². The third kappa shape index (κ3) is 5.97. The molecule has 0 radical (unpaired) electrons. The fourth-order valence-electron chi connectivity index (χ4n) is 4.57. The van der Waals surface area contributed by atoms with E-state index < -0.39 is 12.1 Å². The highest BCUT2D eigenvalue weighted by atomic mass is 16.5. The van der Waals surface area contributed by atoms with Crippen molar-refractivity contribution in [2.75, 3.05) is 32.1 Å². The molecule has 9 nitrogen and oxygen atoms in total. The number of anilines is 1. The second-order valence-electron chi connectivity index (χ2n) is 8.82. The molecule has 1 saturated heterocycles. The van der Waals surface area contributed by atoms with Crippen LogP contribution in [0.5, 0.6) is 5.75 Å². The van der Waals surface area contributed by atoms with Gasteiger partial charge < -0.3 is 30.0 Å². The summed E-state index contributed by atoms with van der Waals surface area (Å²) in [6.07, 6.45) is 3.55. The predicted molar refractivity (Wildman–Crippen MR) is 137 cm³/mol. The average molecular weight is 493 g/mol. The van der Waals surface area contributed by atoms with Gasteiger partial charge in [0.2, 0.25) is 5.91 Å². The van der Waals surface area contributed by atoms with Gasteiger partial charge in [-0.2, -0.15) is 0 Å². The largest absolute Gasteiger partial charge is 0.497 e. The predicted octanol–water partition coefficient (Wildman–Crippen LogP) is 3.71. The van der Waals surface area contributed by atoms with Gasteiger partial charge >= 0.3 is 12.0 Å². The molecule has 3 N–H and O–H groups in total. The van der Waals surface area contributed by atoms with Crippen LogP contribution >= 0.6 is 0 Å². The quantitative estimate of drug-likeness (QED) is 0.415. The number of aromatic amines is 1. The van der Waals surface area contributed by atoms with Crippen LogP contribution < -0.4 is 15.4 Å². The van der Waals surface area contributed by atoms with Crippen LogP contribution in [0.4, 0.5) is 10.5 Å². The third-order valence-electron chi connectivity index (χ3n) is 6.40. The van der Waals surface area contributed by atoms with Crippen LogP contribution in [0.15, 0.2) is 54.7 Å². The number of ether oxygens (including phenoxy) is 2. The number of benzene rings is 2. The van der Waals surface area contributed by atoms with Crippen LogP contribution in [0.3, 0.4) is 0 Å². The van der Waals surface area contributed by atoms with Crippen molar-refractivity contribution in [3.63, 3.8) is 0 Å². The number of carbonyl (C=O) groups excluding carboxylic acids is 3. The van der Waals surface area contributed by atoms with Gasteiger partial charge in [-0.1, -0.05) is 18.2 Å². The van der Waals surface area contributed by atoms with E-state index in [4.69, 9.17) is 9.47 Å². The molecular formula is C27H32N4O5. The Balaban J connectivity index is 1.52. The van der Waals surface area contributed by atoms with Gasteiger partial charge in [0, 0.05) is 42.3 Å². The molecule has 1 aliphatic heterocycles. The van der Waals surface area contributed by atoms with Crippen molar-refractivity contribution in [2.45, 2.75) is 32.2 Å². The third-order valence-corrected chi connectivity index (χ3v) is 6.40. The number of nitrogens with zero attached hydrogens (tertiary/aromatic N) is 1. The van der Waals surface area contributed by atoms with Crippen LogP contribution in [-0.2, 0) is 20.7 Å². The van der Waals surface area contributed by atoms with Gasteiger partial charge in [0.05, 0.1) is 19.6 Å². The summed E-state index contributed by atoms with van der Waals surface area (Å²) < 4.78 is 10.3. The van der Waals surface area contributed by atoms with Gasteiger partial charge in [-0.15, -0.1) is 0 Å². The van der Waals surface area contributed by atoms with E-state index >= 15 is 0 Å². The molecule has 9 heteroatoms. The Morgan fingerprint density at radius 3 is 2.67 bits per heavy atom. The zero-order valence-electron chi connectivity index (χ0n) is 20.6. The second kappa shape index (κ2) is 11.6. The van der Waals surface area contributed by atoms with Gasteiger partial charge in [0.25, 0.3) is 0 Å². The van der Waals surface area contributed by atoms with Gasteiger partial charge in [-0.05, 0) is 55.7 Å². The minimum absolute atomic E-state index is 0.223. The molecular weight excluding hydrogens is 460 g/mol. The smallest absolute Gasteiger partial charge is 0.319 e. The minimum atomic E-state index is -0.816. The first-order chi connectivity index (χ1) is 17.5. The first-order valence-electron chi connectivity index (χ1n) is 12.2. The van der Waals surface area contributed by atoms with Crippen molar-refractivity contribution in [3.05, 3.63) is 60.3 Å². The fraction of sp³-hybridized carbons (Fsp3) is 0.370. The van der Waals surface area contributed by atoms with E-state index in [1.165, 1.54) is 0 Å². The van der Waals surface area contributed by atoms with Crippen LogP contribution in [0, 0.1) is 5.92 Å². The number of carbonyl (C=O) groups is 3. The zero-order valence-corrected chi connectivity index (χ0v) is 20.6. The number of fused-ring (bicyclic) bond motifs is 1. The van der Waals surface area contributed by atoms with E-state index in [1.807, 2.05) is 30.5 Å². The van der Waals surface area contributed by atoms with E-state index in [0.29, 0.717) is 43.9 Å². The number of aromatic nitrogens is 1. The van der Waals surface area contributed by atoms with E-state index in [2.05, 4.69) is 15.6 Å². The van der Waals surface area contributed by atoms with Gasteiger partial charge in [0.1, 0.15) is 11.8 Å². The number of urea groups is 1. The van der Waals surface area contributed by atoms with Gasteiger partial charge in [-0.25, -0.2) is 4.79 Å². The SMILES string of the molecule is CCOC(=O)C1CCCN(C(=O)C(Cc2c[nH]c3ccccc23)NC(=O)Nc2ccc(OC)cc2)C1. The Morgan fingerprint density at radius 2 is 1.92 bits per heavy atom. The molecule has 190 valence electrons. The molecule has 0 aliphatic carbocycles. The number of nitrogens with one attached hydrogen (secondary N) is 3. The highest BCUT2D eigenvalue weighted by Crippen LogP contribution is 2.23. The molecule has 2 aromatic carbocycles. The molecule has 1 aromatic heterocycles. The molecule has 0 bridgehead atoms. The molecule has 0 spiro atoms.